The van der Waals surface area contributed by atoms with Crippen molar-refractivity contribution in [2.45, 2.75) is 6.92 Å². The molecule has 6 nitrogen and oxygen atoms in total. The van der Waals surface area contributed by atoms with Crippen LogP contribution in [0.3, 0.4) is 0 Å². The lowest BCUT2D eigenvalue weighted by atomic mass is 10.2. The van der Waals surface area contributed by atoms with Crippen LogP contribution in [0.15, 0.2) is 72.8 Å². The van der Waals surface area contributed by atoms with Crippen molar-refractivity contribution in [3.05, 3.63) is 78.4 Å². The summed E-state index contributed by atoms with van der Waals surface area (Å²) in [5.41, 5.74) is 2.25. The maximum absolute atomic E-state index is 12.7. The van der Waals surface area contributed by atoms with Crippen LogP contribution in [0.5, 0.6) is 17.2 Å². The average molecular weight is 388 g/mol. The van der Waals surface area contributed by atoms with Crippen LogP contribution in [0.1, 0.15) is 5.56 Å². The summed E-state index contributed by atoms with van der Waals surface area (Å²) in [6.45, 7) is 1.80. The Morgan fingerprint density at radius 1 is 1.03 bits per heavy atom. The van der Waals surface area contributed by atoms with Crippen molar-refractivity contribution in [3.8, 4) is 17.2 Å². The van der Waals surface area contributed by atoms with Crippen molar-refractivity contribution in [2.24, 2.45) is 0 Å². The van der Waals surface area contributed by atoms with Crippen LogP contribution in [0.25, 0.3) is 0 Å². The molecule has 0 unspecified atom stereocenters. The number of anilines is 2. The van der Waals surface area contributed by atoms with Crippen molar-refractivity contribution < 1.29 is 19.1 Å². The van der Waals surface area contributed by atoms with Crippen molar-refractivity contribution in [1.29, 1.82) is 0 Å². The third kappa shape index (κ3) is 4.21. The van der Waals surface area contributed by atoms with Gasteiger partial charge in [-0.3, -0.25) is 14.5 Å². The molecule has 146 valence electrons. The molecule has 1 aliphatic heterocycles. The van der Waals surface area contributed by atoms with E-state index in [0.29, 0.717) is 28.6 Å². The second-order valence-electron chi connectivity index (χ2n) is 6.70. The molecule has 0 bridgehead atoms. The van der Waals surface area contributed by atoms with Gasteiger partial charge in [0.05, 0.1) is 11.4 Å². The van der Waals surface area contributed by atoms with E-state index in [1.165, 1.54) is 4.90 Å². The first kappa shape index (κ1) is 18.6. The number of nitrogens with one attached hydrogen (secondary N) is 1. The van der Waals surface area contributed by atoms with E-state index in [4.69, 9.17) is 9.47 Å². The molecule has 0 aromatic heterocycles. The molecule has 4 rings (SSSR count). The maximum Gasteiger partial charge on any atom is 0.265 e. The van der Waals surface area contributed by atoms with Gasteiger partial charge in [0.1, 0.15) is 18.0 Å². The van der Waals surface area contributed by atoms with Crippen molar-refractivity contribution in [2.75, 3.05) is 23.4 Å². The second kappa shape index (κ2) is 8.06. The Morgan fingerprint density at radius 3 is 2.59 bits per heavy atom. The van der Waals surface area contributed by atoms with Crippen LogP contribution in [-0.2, 0) is 9.59 Å². The van der Waals surface area contributed by atoms with Crippen molar-refractivity contribution >= 4 is 23.2 Å². The minimum absolute atomic E-state index is 0.0859. The molecule has 1 aliphatic rings. The fraction of sp³-hybridized carbons (Fsp3) is 0.130. The first-order valence-electron chi connectivity index (χ1n) is 9.26. The van der Waals surface area contributed by atoms with Gasteiger partial charge < -0.3 is 14.8 Å². The first-order valence-corrected chi connectivity index (χ1v) is 9.26. The third-order valence-electron chi connectivity index (χ3n) is 4.52. The second-order valence-corrected chi connectivity index (χ2v) is 6.70. The number of para-hydroxylation sites is 4. The summed E-state index contributed by atoms with van der Waals surface area (Å²) in [6.07, 6.45) is 0. The predicted molar refractivity (Wildman–Crippen MR) is 111 cm³/mol. The summed E-state index contributed by atoms with van der Waals surface area (Å²) in [7, 11) is 0. The smallest absolute Gasteiger partial charge is 0.265 e. The fourth-order valence-electron chi connectivity index (χ4n) is 3.05. The average Bonchev–Trinajstić information content (AvgIpc) is 2.73. The van der Waals surface area contributed by atoms with Gasteiger partial charge in [-0.1, -0.05) is 42.0 Å². The molecule has 0 fully saturated rings. The topological polar surface area (TPSA) is 67.9 Å². The normalized spacial score (nSPS) is 12.7. The van der Waals surface area contributed by atoms with Crippen LogP contribution in [0.4, 0.5) is 11.4 Å². The lowest BCUT2D eigenvalue weighted by Gasteiger charge is -2.28. The number of benzene rings is 3. The lowest BCUT2D eigenvalue weighted by Crippen LogP contribution is -2.43. The Balaban J connectivity index is 1.49. The van der Waals surface area contributed by atoms with E-state index in [1.54, 1.807) is 30.3 Å². The standard InChI is InChI=1S/C23H20N2O4/c1-16-10-12-17(13-11-16)29-20-8-4-2-6-18(20)24-22(26)14-25-19-7-3-5-9-21(19)28-15-23(25)27/h2-13H,14-15H2,1H3,(H,24,26). The highest BCUT2D eigenvalue weighted by Crippen LogP contribution is 2.32. The van der Waals surface area contributed by atoms with E-state index in [-0.39, 0.29) is 25.0 Å². The number of fused-ring (bicyclic) bond motifs is 1. The fourth-order valence-corrected chi connectivity index (χ4v) is 3.05. The molecule has 0 radical (unpaired) electrons. The predicted octanol–water partition coefficient (Wildman–Crippen LogP) is 4.15. The summed E-state index contributed by atoms with van der Waals surface area (Å²) >= 11 is 0. The van der Waals surface area contributed by atoms with Crippen molar-refractivity contribution in [3.63, 3.8) is 0 Å². The molecule has 1 N–H and O–H groups in total. The van der Waals surface area contributed by atoms with E-state index in [2.05, 4.69) is 5.32 Å². The largest absolute Gasteiger partial charge is 0.482 e. The number of aryl methyl sites for hydroxylation is 1. The number of ether oxygens (including phenoxy) is 2. The van der Waals surface area contributed by atoms with Gasteiger partial charge in [-0.05, 0) is 43.3 Å². The monoisotopic (exact) mass is 388 g/mol. The highest BCUT2D eigenvalue weighted by Gasteiger charge is 2.27. The van der Waals surface area contributed by atoms with Gasteiger partial charge in [0.2, 0.25) is 5.91 Å². The number of hydrogen-bond acceptors (Lipinski definition) is 4. The molecule has 6 heteroatoms. The number of rotatable bonds is 5. The van der Waals surface area contributed by atoms with Crippen LogP contribution in [0, 0.1) is 6.92 Å². The van der Waals surface area contributed by atoms with Gasteiger partial charge >= 0.3 is 0 Å². The highest BCUT2D eigenvalue weighted by molar-refractivity contribution is 6.05. The maximum atomic E-state index is 12.7. The first-order chi connectivity index (χ1) is 14.1. The SMILES string of the molecule is Cc1ccc(Oc2ccccc2NC(=O)CN2C(=O)COc3ccccc32)cc1. The molecular weight excluding hydrogens is 368 g/mol. The number of carbonyl (C=O) groups excluding carboxylic acids is 2. The summed E-state index contributed by atoms with van der Waals surface area (Å²) in [4.78, 5) is 26.4. The zero-order valence-corrected chi connectivity index (χ0v) is 15.9. The lowest BCUT2D eigenvalue weighted by molar-refractivity contribution is -0.123. The number of nitrogens with zero attached hydrogens (tertiary/aromatic N) is 1. The Labute approximate surface area is 168 Å². The summed E-state index contributed by atoms with van der Waals surface area (Å²) < 4.78 is 11.3. The van der Waals surface area contributed by atoms with E-state index in [1.807, 2.05) is 49.4 Å². The molecule has 0 saturated heterocycles. The third-order valence-corrected chi connectivity index (χ3v) is 4.52. The van der Waals surface area contributed by atoms with E-state index in [0.717, 1.165) is 5.56 Å². The Morgan fingerprint density at radius 2 is 1.76 bits per heavy atom. The zero-order valence-electron chi connectivity index (χ0n) is 15.9. The highest BCUT2D eigenvalue weighted by atomic mass is 16.5. The van der Waals surface area contributed by atoms with Gasteiger partial charge in [0, 0.05) is 0 Å². The molecule has 0 saturated carbocycles. The quantitative estimate of drug-likeness (QED) is 0.713. The van der Waals surface area contributed by atoms with Gasteiger partial charge in [-0.2, -0.15) is 0 Å². The summed E-state index contributed by atoms with van der Waals surface area (Å²) in [5, 5.41) is 2.84. The minimum atomic E-state index is -0.324. The zero-order chi connectivity index (χ0) is 20.2. The Hall–Kier alpha value is -3.80. The molecule has 3 aromatic rings. The Bertz CT molecular complexity index is 1050. The number of carbonyl (C=O) groups is 2. The van der Waals surface area contributed by atoms with Gasteiger partial charge in [0.15, 0.2) is 12.4 Å². The van der Waals surface area contributed by atoms with Gasteiger partial charge in [0.25, 0.3) is 5.91 Å². The van der Waals surface area contributed by atoms with Crippen LogP contribution in [-0.4, -0.2) is 25.0 Å². The van der Waals surface area contributed by atoms with Crippen LogP contribution < -0.4 is 19.7 Å². The van der Waals surface area contributed by atoms with Gasteiger partial charge in [-0.25, -0.2) is 0 Å². The van der Waals surface area contributed by atoms with Gasteiger partial charge in [-0.15, -0.1) is 0 Å². The summed E-state index contributed by atoms with van der Waals surface area (Å²) in [6, 6.07) is 22.0. The van der Waals surface area contributed by atoms with Crippen LogP contribution >= 0.6 is 0 Å². The molecule has 0 aliphatic carbocycles. The van der Waals surface area contributed by atoms with E-state index in [9.17, 15) is 9.59 Å². The van der Waals surface area contributed by atoms with E-state index >= 15 is 0 Å². The van der Waals surface area contributed by atoms with E-state index < -0.39 is 0 Å². The molecule has 29 heavy (non-hydrogen) atoms. The number of amides is 2. The van der Waals surface area contributed by atoms with Crippen LogP contribution in [0.2, 0.25) is 0 Å². The molecule has 0 spiro atoms. The summed E-state index contributed by atoms with van der Waals surface area (Å²) in [5.74, 6) is 1.20. The minimum Gasteiger partial charge on any atom is -0.482 e. The molecule has 2 amide bonds. The molecule has 3 aromatic carbocycles. The molecular formula is C23H20N2O4. The van der Waals surface area contributed by atoms with Crippen molar-refractivity contribution in [1.82, 2.24) is 0 Å². The Kier molecular flexibility index (Phi) is 5.16. The molecule has 1 heterocycles. The number of hydrogen-bond donors (Lipinski definition) is 1. The molecule has 0 atom stereocenters.